The van der Waals surface area contributed by atoms with Crippen LogP contribution in [0.3, 0.4) is 0 Å². The van der Waals surface area contributed by atoms with Crippen LogP contribution in [0, 0.1) is 17.2 Å². The third-order valence-electron chi connectivity index (χ3n) is 7.84. The number of nitrogens with one attached hydrogen (secondary N) is 1. The molecule has 2 aliphatic carbocycles. The van der Waals surface area contributed by atoms with E-state index in [2.05, 4.69) is 26.9 Å². The van der Waals surface area contributed by atoms with Gasteiger partial charge in [0.15, 0.2) is 0 Å². The first-order valence-electron chi connectivity index (χ1n) is 13.6. The van der Waals surface area contributed by atoms with E-state index in [4.69, 9.17) is 26.4 Å². The van der Waals surface area contributed by atoms with Crippen molar-refractivity contribution < 1.29 is 9.47 Å². The zero-order chi connectivity index (χ0) is 25.3. The van der Waals surface area contributed by atoms with Crippen LogP contribution < -0.4 is 11.5 Å². The number of aliphatic imine (C=N–C) groups is 1. The maximum Gasteiger partial charge on any atom is 0.125 e. The second-order valence-electron chi connectivity index (χ2n) is 10.4. The van der Waals surface area contributed by atoms with Gasteiger partial charge in [-0.05, 0) is 63.1 Å². The molecule has 0 amide bonds. The van der Waals surface area contributed by atoms with Gasteiger partial charge in [0.25, 0.3) is 0 Å². The number of nitrogens with zero attached hydrogens (tertiary/aromatic N) is 3. The van der Waals surface area contributed by atoms with Gasteiger partial charge in [-0.1, -0.05) is 24.3 Å². The third kappa shape index (κ3) is 7.31. The molecule has 0 spiro atoms. The van der Waals surface area contributed by atoms with Crippen molar-refractivity contribution in [3.63, 3.8) is 0 Å². The lowest BCUT2D eigenvalue weighted by Gasteiger charge is -2.37. The Balaban J connectivity index is 1.11. The molecule has 2 saturated heterocycles. The highest BCUT2D eigenvalue weighted by molar-refractivity contribution is 5.99. The Bertz CT molecular complexity index is 908. The van der Waals surface area contributed by atoms with Crippen LogP contribution in [0.4, 0.5) is 0 Å². The molecule has 0 radical (unpaired) electrons. The van der Waals surface area contributed by atoms with E-state index in [1.54, 1.807) is 7.05 Å². The molecule has 198 valence electrons. The summed E-state index contributed by atoms with van der Waals surface area (Å²) in [4.78, 5) is 9.39. The third-order valence-corrected chi connectivity index (χ3v) is 7.84. The van der Waals surface area contributed by atoms with Crippen molar-refractivity contribution in [3.8, 4) is 0 Å². The van der Waals surface area contributed by atoms with Crippen LogP contribution in [-0.2, 0) is 9.47 Å². The van der Waals surface area contributed by atoms with Gasteiger partial charge in [-0.25, -0.2) is 0 Å². The number of hydrogen-bond donors (Lipinski definition) is 3. The van der Waals surface area contributed by atoms with Gasteiger partial charge in [-0.2, -0.15) is 0 Å². The Morgan fingerprint density at radius 1 is 1.08 bits per heavy atom. The minimum Gasteiger partial charge on any atom is -0.494 e. The molecule has 2 heterocycles. The molecule has 2 aliphatic heterocycles. The number of allylic oxidation sites excluding steroid dienone is 2. The van der Waals surface area contributed by atoms with E-state index in [0.29, 0.717) is 11.9 Å². The Morgan fingerprint density at radius 3 is 2.67 bits per heavy atom. The molecule has 2 fully saturated rings. The van der Waals surface area contributed by atoms with Gasteiger partial charge in [0.1, 0.15) is 11.6 Å². The highest BCUT2D eigenvalue weighted by Gasteiger charge is 2.38. The molecule has 8 heteroatoms. The van der Waals surface area contributed by atoms with E-state index < -0.39 is 0 Å². The van der Waals surface area contributed by atoms with Gasteiger partial charge < -0.3 is 25.8 Å². The molecule has 0 aromatic heterocycles. The van der Waals surface area contributed by atoms with E-state index >= 15 is 0 Å². The predicted molar refractivity (Wildman–Crippen MR) is 146 cm³/mol. The lowest BCUT2D eigenvalue weighted by molar-refractivity contribution is 0.0635. The summed E-state index contributed by atoms with van der Waals surface area (Å²) in [6.07, 6.45) is 18.8. The first-order valence-corrected chi connectivity index (χ1v) is 13.6. The van der Waals surface area contributed by atoms with Crippen LogP contribution in [0.25, 0.3) is 0 Å². The predicted octanol–water partition coefficient (Wildman–Crippen LogP) is 2.83. The van der Waals surface area contributed by atoms with Gasteiger partial charge in [0.05, 0.1) is 18.5 Å². The van der Waals surface area contributed by atoms with Crippen LogP contribution in [0.5, 0.6) is 0 Å². The number of likely N-dealkylation sites (tertiary alicyclic amines) is 2. The number of hydrogen-bond acceptors (Lipinski definition) is 6. The maximum atomic E-state index is 7.54. The second-order valence-corrected chi connectivity index (χ2v) is 10.4. The molecule has 0 bridgehead atoms. The summed E-state index contributed by atoms with van der Waals surface area (Å²) in [7, 11) is 1.72. The Kier molecular flexibility index (Phi) is 9.78. The molecule has 4 rings (SSSR count). The van der Waals surface area contributed by atoms with Crippen LogP contribution >= 0.6 is 0 Å². The number of rotatable bonds is 12. The van der Waals surface area contributed by atoms with Crippen molar-refractivity contribution in [2.75, 3.05) is 53.0 Å². The summed E-state index contributed by atoms with van der Waals surface area (Å²) in [6, 6.07) is 0.684. The molecule has 0 aromatic rings. The van der Waals surface area contributed by atoms with Gasteiger partial charge in [-0.3, -0.25) is 15.3 Å². The van der Waals surface area contributed by atoms with Crippen LogP contribution in [0.1, 0.15) is 38.5 Å². The molecule has 0 aromatic carbocycles. The van der Waals surface area contributed by atoms with Gasteiger partial charge >= 0.3 is 0 Å². The van der Waals surface area contributed by atoms with Crippen molar-refractivity contribution in [3.05, 3.63) is 47.8 Å². The zero-order valence-corrected chi connectivity index (χ0v) is 21.8. The van der Waals surface area contributed by atoms with Crippen LogP contribution in [0.15, 0.2) is 52.8 Å². The average molecular weight is 497 g/mol. The number of fused-ring (bicyclic) bond motifs is 1. The minimum absolute atomic E-state index is 0.0232. The standard InChI is InChI=1S/C28H44N6O2/c1-32-28(31)22-8-12-25(13-9-22)36-18-4-16-34-15-2-5-23-19-33(20-26(23)34)14-3-17-35-24-10-6-21(7-11-24)27(29)30/h6,8-12,21,23,25-26H,2-5,7,13-20H2,1H3,(H3,29,30)(H2,31,32). The topological polar surface area (TPSA) is 113 Å². The smallest absolute Gasteiger partial charge is 0.125 e. The molecule has 4 unspecified atom stereocenters. The fraction of sp³-hybridized carbons (Fsp3) is 0.643. The SMILES string of the molecule is CN=C(N)C1=CCC(OCCCN2CCCC3CN(CCCOC4=CCC(C(=N)N)C=C4)CC32)C=C1. The molecule has 5 N–H and O–H groups in total. The molecule has 8 nitrogen and oxygen atoms in total. The molecule has 4 atom stereocenters. The van der Waals surface area contributed by atoms with E-state index in [1.807, 2.05) is 24.3 Å². The highest BCUT2D eigenvalue weighted by atomic mass is 16.5. The number of nitrogens with two attached hydrogens (primary N) is 2. The maximum absolute atomic E-state index is 7.54. The molecule has 4 aliphatic rings. The van der Waals surface area contributed by atoms with Crippen molar-refractivity contribution in [1.82, 2.24) is 9.80 Å². The lowest BCUT2D eigenvalue weighted by Crippen LogP contribution is -2.45. The van der Waals surface area contributed by atoms with E-state index in [0.717, 1.165) is 69.2 Å². The number of piperidine rings is 1. The quantitative estimate of drug-likeness (QED) is 0.218. The van der Waals surface area contributed by atoms with Gasteiger partial charge in [0.2, 0.25) is 0 Å². The average Bonchev–Trinajstić information content (AvgIpc) is 3.33. The Morgan fingerprint density at radius 2 is 1.94 bits per heavy atom. The van der Waals surface area contributed by atoms with Crippen LogP contribution in [-0.4, -0.2) is 86.6 Å². The van der Waals surface area contributed by atoms with E-state index in [1.165, 1.54) is 32.5 Å². The highest BCUT2D eigenvalue weighted by Crippen LogP contribution is 2.31. The first-order chi connectivity index (χ1) is 17.5. The minimum atomic E-state index is 0.0232. The normalized spacial score (nSPS) is 29.1. The zero-order valence-electron chi connectivity index (χ0n) is 21.8. The monoisotopic (exact) mass is 496 g/mol. The Labute approximate surface area is 216 Å². The summed E-state index contributed by atoms with van der Waals surface area (Å²) in [5, 5.41) is 7.54. The fourth-order valence-electron chi connectivity index (χ4n) is 5.78. The number of ether oxygens (including phenoxy) is 2. The second kappa shape index (κ2) is 13.2. The van der Waals surface area contributed by atoms with E-state index in [-0.39, 0.29) is 17.9 Å². The first kappa shape index (κ1) is 26.6. The summed E-state index contributed by atoms with van der Waals surface area (Å²) in [5.74, 6) is 2.54. The number of amidine groups is 2. The van der Waals surface area contributed by atoms with Crippen molar-refractivity contribution in [2.24, 2.45) is 28.3 Å². The van der Waals surface area contributed by atoms with Crippen molar-refractivity contribution in [2.45, 2.75) is 50.7 Å². The molecule has 0 saturated carbocycles. The largest absolute Gasteiger partial charge is 0.494 e. The lowest BCUT2D eigenvalue weighted by atomic mass is 9.92. The van der Waals surface area contributed by atoms with Gasteiger partial charge in [-0.15, -0.1) is 0 Å². The van der Waals surface area contributed by atoms with Crippen molar-refractivity contribution in [1.29, 1.82) is 5.41 Å². The Hall–Kier alpha value is -2.42. The molecular formula is C28H44N6O2. The van der Waals surface area contributed by atoms with Gasteiger partial charge in [0, 0.05) is 57.4 Å². The van der Waals surface area contributed by atoms with Crippen LogP contribution in [0.2, 0.25) is 0 Å². The van der Waals surface area contributed by atoms with E-state index in [9.17, 15) is 0 Å². The molecular weight excluding hydrogens is 452 g/mol. The summed E-state index contributed by atoms with van der Waals surface area (Å²) in [5.41, 5.74) is 12.5. The molecule has 36 heavy (non-hydrogen) atoms. The summed E-state index contributed by atoms with van der Waals surface area (Å²) >= 11 is 0. The van der Waals surface area contributed by atoms with Crippen molar-refractivity contribution >= 4 is 11.7 Å². The summed E-state index contributed by atoms with van der Waals surface area (Å²) < 4.78 is 12.1. The summed E-state index contributed by atoms with van der Waals surface area (Å²) in [6.45, 7) is 7.34. The fourth-order valence-corrected chi connectivity index (χ4v) is 5.78.